The molecule has 0 aromatic heterocycles. The van der Waals surface area contributed by atoms with Gasteiger partial charge in [-0.05, 0) is 0 Å². The number of hydrogen-bond donors (Lipinski definition) is 0. The van der Waals surface area contributed by atoms with Gasteiger partial charge in [0.25, 0.3) is 0 Å². The van der Waals surface area contributed by atoms with Crippen molar-refractivity contribution in [3.63, 3.8) is 0 Å². The van der Waals surface area contributed by atoms with Crippen LogP contribution in [0.1, 0.15) is 0 Å². The van der Waals surface area contributed by atoms with Crippen LogP contribution in [0.4, 0.5) is 0 Å². The third-order valence-corrected chi connectivity index (χ3v) is 14.6. The summed E-state index contributed by atoms with van der Waals surface area (Å²) < 4.78 is 0.451. The van der Waals surface area contributed by atoms with Gasteiger partial charge in [-0.15, -0.1) is 0 Å². The van der Waals surface area contributed by atoms with Crippen molar-refractivity contribution >= 4 is 46.6 Å². The molecule has 0 aliphatic rings. The molecule has 0 aliphatic carbocycles. The van der Waals surface area contributed by atoms with E-state index < -0.39 is 15.8 Å². The standard InChI is InChI=1S/C26H23P2.ClH.Pd/c1-5-13-23(14-6-1)27(24-15-7-2-8-16-24)21-22-28(25-17-9-3-10-18-25)26-19-11-4-12-20-26;;/h1-21H,22H2;1H;/q;;+1/p-1. The van der Waals surface area contributed by atoms with E-state index in [4.69, 9.17) is 9.53 Å². The molecule has 0 heterocycles. The van der Waals surface area contributed by atoms with Gasteiger partial charge in [-0.25, -0.2) is 0 Å². The van der Waals surface area contributed by atoms with Crippen LogP contribution < -0.4 is 21.2 Å². The molecule has 1 unspecified atom stereocenters. The Labute approximate surface area is 194 Å². The summed E-state index contributed by atoms with van der Waals surface area (Å²) in [6.45, 7) is 0. The van der Waals surface area contributed by atoms with Gasteiger partial charge in [0.05, 0.1) is 0 Å². The van der Waals surface area contributed by atoms with Crippen LogP contribution in [0.25, 0.3) is 0 Å². The average Bonchev–Trinajstić information content (AvgIpc) is 2.84. The summed E-state index contributed by atoms with van der Waals surface area (Å²) in [6.07, 6.45) is 1.11. The van der Waals surface area contributed by atoms with Gasteiger partial charge in [-0.1, -0.05) is 0 Å². The first-order valence-corrected chi connectivity index (χ1v) is 15.7. The van der Waals surface area contributed by atoms with Gasteiger partial charge in [0.15, 0.2) is 0 Å². The fourth-order valence-corrected chi connectivity index (χ4v) is 13.6. The predicted molar refractivity (Wildman–Crippen MR) is 133 cm³/mol. The first-order valence-electron chi connectivity index (χ1n) is 9.82. The Morgan fingerprint density at radius 1 is 0.533 bits per heavy atom. The molecule has 0 fully saturated rings. The maximum absolute atomic E-state index is 6.76. The molecule has 0 saturated carbocycles. The summed E-state index contributed by atoms with van der Waals surface area (Å²) in [5.41, 5.74) is 0. The van der Waals surface area contributed by atoms with E-state index in [-0.39, 0.29) is 17.0 Å². The van der Waals surface area contributed by atoms with E-state index in [0.29, 0.717) is 4.13 Å². The van der Waals surface area contributed by atoms with Gasteiger partial charge in [0.2, 0.25) is 0 Å². The van der Waals surface area contributed by atoms with Crippen LogP contribution in [0.2, 0.25) is 0 Å². The molecule has 1 atom stereocenters. The normalized spacial score (nSPS) is 12.4. The first-order chi connectivity index (χ1) is 14.9. The molecular weight excluding hydrogens is 516 g/mol. The van der Waals surface area contributed by atoms with E-state index in [1.807, 2.05) is 0 Å². The number of halogens is 1. The fourth-order valence-electron chi connectivity index (χ4n) is 3.48. The van der Waals surface area contributed by atoms with Crippen molar-refractivity contribution in [2.24, 2.45) is 0 Å². The van der Waals surface area contributed by atoms with E-state index in [1.165, 1.54) is 21.2 Å². The van der Waals surface area contributed by atoms with Crippen molar-refractivity contribution in [2.75, 3.05) is 6.16 Å². The van der Waals surface area contributed by atoms with Crippen LogP contribution in [0.15, 0.2) is 121 Å². The Kier molecular flexibility index (Phi) is 8.29. The van der Waals surface area contributed by atoms with Gasteiger partial charge in [0.1, 0.15) is 0 Å². The molecule has 0 bridgehead atoms. The average molecular weight is 539 g/mol. The van der Waals surface area contributed by atoms with E-state index in [0.717, 1.165) is 6.16 Å². The molecule has 0 N–H and O–H groups in total. The van der Waals surface area contributed by atoms with Crippen molar-refractivity contribution in [3.8, 4) is 0 Å². The zero-order valence-corrected chi connectivity index (χ0v) is 20.5. The van der Waals surface area contributed by atoms with Crippen molar-refractivity contribution in [2.45, 2.75) is 4.13 Å². The van der Waals surface area contributed by atoms with E-state index in [2.05, 4.69) is 121 Å². The van der Waals surface area contributed by atoms with E-state index in [9.17, 15) is 0 Å². The molecule has 0 radical (unpaired) electrons. The van der Waals surface area contributed by atoms with Gasteiger partial charge < -0.3 is 0 Å². The Balaban J connectivity index is 1.74. The Bertz CT molecular complexity index is 935. The third-order valence-electron chi connectivity index (χ3n) is 4.87. The number of benzene rings is 4. The summed E-state index contributed by atoms with van der Waals surface area (Å²) in [5.74, 6) is 0. The molecule has 0 amide bonds. The second kappa shape index (κ2) is 11.4. The summed E-state index contributed by atoms with van der Waals surface area (Å²) in [4.78, 5) is 0. The van der Waals surface area contributed by atoms with Crippen molar-refractivity contribution in [3.05, 3.63) is 121 Å². The Hall–Kier alpha value is -1.31. The minimum absolute atomic E-state index is 0.156. The zero-order chi connectivity index (χ0) is 20.6. The molecule has 4 aromatic carbocycles. The number of hydrogen-bond acceptors (Lipinski definition) is 0. The monoisotopic (exact) mass is 538 g/mol. The Morgan fingerprint density at radius 3 is 1.20 bits per heavy atom. The van der Waals surface area contributed by atoms with Gasteiger partial charge in [-0.3, -0.25) is 0 Å². The quantitative estimate of drug-likeness (QED) is 0.196. The molecule has 0 spiro atoms. The minimum atomic E-state index is -0.521. The predicted octanol–water partition coefficient (Wildman–Crippen LogP) is 5.81. The topological polar surface area (TPSA) is 0 Å². The molecule has 0 nitrogen and oxygen atoms in total. The van der Waals surface area contributed by atoms with E-state index in [1.54, 1.807) is 0 Å². The molecule has 4 rings (SSSR count). The van der Waals surface area contributed by atoms with Crippen molar-refractivity contribution < 1.29 is 17.0 Å². The SMILES string of the molecule is [Cl][Pd][CH](CP(c1ccccc1)c1ccccc1)P(c1ccccc1)c1ccccc1. The van der Waals surface area contributed by atoms with Crippen LogP contribution in [0.3, 0.4) is 0 Å². The molecule has 30 heavy (non-hydrogen) atoms. The summed E-state index contributed by atoms with van der Waals surface area (Å²) in [6, 6.07) is 43.9. The van der Waals surface area contributed by atoms with Crippen LogP contribution in [-0.4, -0.2) is 10.3 Å². The van der Waals surface area contributed by atoms with Crippen LogP contribution in [-0.2, 0) is 17.0 Å². The number of rotatable bonds is 8. The van der Waals surface area contributed by atoms with Gasteiger partial charge in [-0.2, -0.15) is 0 Å². The zero-order valence-electron chi connectivity index (χ0n) is 16.4. The summed E-state index contributed by atoms with van der Waals surface area (Å²) in [5, 5.41) is 5.69. The van der Waals surface area contributed by atoms with E-state index >= 15 is 0 Å². The fraction of sp³-hybridized carbons (Fsp3) is 0.0769. The third kappa shape index (κ3) is 5.48. The van der Waals surface area contributed by atoms with Crippen molar-refractivity contribution in [1.82, 2.24) is 0 Å². The molecule has 0 aliphatic heterocycles. The summed E-state index contributed by atoms with van der Waals surface area (Å²) >= 11 is 0.156. The van der Waals surface area contributed by atoms with Gasteiger partial charge >= 0.3 is 195 Å². The Morgan fingerprint density at radius 2 is 0.867 bits per heavy atom. The van der Waals surface area contributed by atoms with Crippen LogP contribution in [0.5, 0.6) is 0 Å². The second-order valence-electron chi connectivity index (χ2n) is 6.79. The van der Waals surface area contributed by atoms with Crippen LogP contribution in [0, 0.1) is 0 Å². The van der Waals surface area contributed by atoms with Crippen LogP contribution >= 0.6 is 25.4 Å². The van der Waals surface area contributed by atoms with Gasteiger partial charge in [0, 0.05) is 0 Å². The molecule has 4 aromatic rings. The maximum atomic E-state index is 6.76. The molecular formula is C26H23ClP2Pd. The summed E-state index contributed by atoms with van der Waals surface area (Å²) in [7, 11) is 5.77. The first kappa shape index (κ1) is 21.9. The van der Waals surface area contributed by atoms with Crippen molar-refractivity contribution in [1.29, 1.82) is 0 Å². The molecule has 0 saturated heterocycles. The molecule has 154 valence electrons. The second-order valence-corrected chi connectivity index (χ2v) is 14.3. The molecule has 4 heteroatoms.